The number of nitrogens with two attached hydrogens (primary N) is 1. The Kier molecular flexibility index (Phi) is 19.1. The summed E-state index contributed by atoms with van der Waals surface area (Å²) in [6, 6.07) is 3.95. The van der Waals surface area contributed by atoms with Gasteiger partial charge in [-0.1, -0.05) is 12.1 Å². The van der Waals surface area contributed by atoms with Gasteiger partial charge in [0.1, 0.15) is 6.04 Å². The number of aromatic amines is 1. The van der Waals surface area contributed by atoms with E-state index in [9.17, 15) is 38.7 Å². The van der Waals surface area contributed by atoms with Crippen molar-refractivity contribution in [2.45, 2.75) is 83.7 Å². The molecule has 51 heavy (non-hydrogen) atoms. The van der Waals surface area contributed by atoms with Crippen LogP contribution in [0.15, 0.2) is 24.4 Å². The molecule has 1 aromatic heterocycles. The number of benzene rings is 1. The van der Waals surface area contributed by atoms with Crippen LogP contribution in [0.25, 0.3) is 10.9 Å². The van der Waals surface area contributed by atoms with E-state index < -0.39 is 41.8 Å². The maximum atomic E-state index is 13.8. The van der Waals surface area contributed by atoms with Gasteiger partial charge in [-0.25, -0.2) is 4.79 Å². The summed E-state index contributed by atoms with van der Waals surface area (Å²) in [4.78, 5) is 88.6. The number of aliphatic carboxylic acids is 2. The highest BCUT2D eigenvalue weighted by atomic mass is 16.4. The van der Waals surface area contributed by atoms with Gasteiger partial charge in [-0.05, 0) is 69.3 Å². The fourth-order valence-corrected chi connectivity index (χ4v) is 5.51. The molecule has 0 aliphatic heterocycles. The molecule has 0 radical (unpaired) electrons. The molecule has 0 aliphatic carbocycles. The second kappa shape index (κ2) is 22.9. The minimum Gasteiger partial charge on any atom is -0.481 e. The number of hydrogen-bond acceptors (Lipinski definition) is 10. The predicted molar refractivity (Wildman–Crippen MR) is 190 cm³/mol. The van der Waals surface area contributed by atoms with Gasteiger partial charge in [0.25, 0.3) is 0 Å². The van der Waals surface area contributed by atoms with Crippen molar-refractivity contribution in [2.75, 3.05) is 39.3 Å². The van der Waals surface area contributed by atoms with E-state index in [0.29, 0.717) is 39.0 Å². The zero-order valence-electron chi connectivity index (χ0n) is 29.5. The number of rotatable bonds is 27. The van der Waals surface area contributed by atoms with Gasteiger partial charge in [-0.15, -0.1) is 0 Å². The predicted octanol–water partition coefficient (Wildman–Crippen LogP) is 0.307. The summed E-state index contributed by atoms with van der Waals surface area (Å²) in [6.07, 6.45) is 2.52. The van der Waals surface area contributed by atoms with Gasteiger partial charge in [-0.3, -0.25) is 28.8 Å². The van der Waals surface area contributed by atoms with Gasteiger partial charge in [0.2, 0.25) is 17.7 Å². The molecule has 282 valence electrons. The second-order valence-corrected chi connectivity index (χ2v) is 12.6. The number of carbonyl (C=O) groups is 7. The van der Waals surface area contributed by atoms with E-state index in [1.54, 1.807) is 6.20 Å². The molecule has 2 rings (SSSR count). The molecule has 2 aromatic rings. The van der Waals surface area contributed by atoms with Crippen molar-refractivity contribution < 1.29 is 43.8 Å². The van der Waals surface area contributed by atoms with Crippen molar-refractivity contribution >= 4 is 52.1 Å². The molecule has 1 heterocycles. The fourth-order valence-electron chi connectivity index (χ4n) is 5.51. The van der Waals surface area contributed by atoms with Crippen LogP contribution < -0.4 is 32.3 Å². The number of ketones is 2. The first-order chi connectivity index (χ1) is 24.3. The first kappa shape index (κ1) is 42.5. The van der Waals surface area contributed by atoms with E-state index in [0.717, 1.165) is 22.0 Å². The largest absolute Gasteiger partial charge is 0.481 e. The first-order valence-corrected chi connectivity index (χ1v) is 17.3. The van der Waals surface area contributed by atoms with Crippen molar-refractivity contribution in [3.8, 4) is 0 Å². The molecule has 0 saturated heterocycles. The number of fused-ring (bicyclic) bond motifs is 1. The summed E-state index contributed by atoms with van der Waals surface area (Å²) >= 11 is 0. The molecule has 16 nitrogen and oxygen atoms in total. The van der Waals surface area contributed by atoms with Gasteiger partial charge in [-0.2, -0.15) is 0 Å². The maximum Gasteiger partial charge on any atom is 0.326 e. The normalized spacial score (nSPS) is 12.8. The van der Waals surface area contributed by atoms with Gasteiger partial charge >= 0.3 is 11.9 Å². The number of H-pyrrole nitrogens is 1. The third-order valence-corrected chi connectivity index (χ3v) is 8.24. The number of amides is 3. The lowest BCUT2D eigenvalue weighted by molar-refractivity contribution is -0.142. The quantitative estimate of drug-likeness (QED) is 0.0566. The van der Waals surface area contributed by atoms with Crippen molar-refractivity contribution in [3.05, 3.63) is 35.5 Å². The van der Waals surface area contributed by atoms with Crippen LogP contribution in [-0.2, 0) is 40.0 Å². The molecule has 0 aliphatic rings. The lowest BCUT2D eigenvalue weighted by atomic mass is 9.90. The van der Waals surface area contributed by atoms with E-state index >= 15 is 0 Å². The third-order valence-electron chi connectivity index (χ3n) is 8.24. The summed E-state index contributed by atoms with van der Waals surface area (Å²) in [5.41, 5.74) is 8.37. The zero-order chi connectivity index (χ0) is 37.8. The van der Waals surface area contributed by atoms with Crippen molar-refractivity contribution in [2.24, 2.45) is 11.7 Å². The Bertz CT molecular complexity index is 1490. The average molecular weight is 716 g/mol. The van der Waals surface area contributed by atoms with Gasteiger partial charge in [0.05, 0.1) is 12.6 Å². The summed E-state index contributed by atoms with van der Waals surface area (Å²) < 4.78 is 0. The number of aromatic nitrogens is 1. The summed E-state index contributed by atoms with van der Waals surface area (Å²) in [6.45, 7) is 4.97. The van der Waals surface area contributed by atoms with Crippen molar-refractivity contribution in [1.29, 1.82) is 0 Å². The lowest BCUT2D eigenvalue weighted by Gasteiger charge is -2.22. The van der Waals surface area contributed by atoms with E-state index in [1.807, 2.05) is 25.1 Å². The molecule has 3 atom stereocenters. The van der Waals surface area contributed by atoms with E-state index in [1.165, 1.54) is 6.92 Å². The fraction of sp³-hybridized carbons (Fsp3) is 0.571. The Balaban J connectivity index is 2.15. The number of Topliss-reactive ketones (excluding diaryl/α,β-unsaturated/α-hetero) is 2. The molecule has 0 unspecified atom stereocenters. The Morgan fingerprint density at radius 1 is 0.882 bits per heavy atom. The van der Waals surface area contributed by atoms with Crippen LogP contribution in [0.3, 0.4) is 0 Å². The highest BCUT2D eigenvalue weighted by Crippen LogP contribution is 2.24. The Labute approximate surface area is 297 Å². The first-order valence-electron chi connectivity index (χ1n) is 17.3. The number of carbonyl (C=O) groups excluding carboxylic acids is 5. The van der Waals surface area contributed by atoms with E-state index in [-0.39, 0.29) is 75.5 Å². The van der Waals surface area contributed by atoms with Crippen LogP contribution in [0.2, 0.25) is 0 Å². The molecule has 3 amide bonds. The number of nitrogens with one attached hydrogen (secondary N) is 6. The van der Waals surface area contributed by atoms with Crippen LogP contribution in [-0.4, -0.2) is 108 Å². The highest BCUT2D eigenvalue weighted by Gasteiger charge is 2.28. The third kappa shape index (κ3) is 16.7. The van der Waals surface area contributed by atoms with Crippen LogP contribution in [0.1, 0.15) is 69.4 Å². The Morgan fingerprint density at radius 2 is 1.63 bits per heavy atom. The van der Waals surface area contributed by atoms with Crippen molar-refractivity contribution in [1.82, 2.24) is 31.6 Å². The smallest absolute Gasteiger partial charge is 0.326 e. The number of carboxylic acids is 2. The van der Waals surface area contributed by atoms with Gasteiger partial charge < -0.3 is 47.5 Å². The number of carboxylic acid groups (broad SMARTS) is 2. The average Bonchev–Trinajstić information content (AvgIpc) is 3.46. The van der Waals surface area contributed by atoms with Gasteiger partial charge in [0, 0.05) is 75.3 Å². The van der Waals surface area contributed by atoms with Crippen molar-refractivity contribution in [3.63, 3.8) is 0 Å². The van der Waals surface area contributed by atoms with Crippen LogP contribution >= 0.6 is 0 Å². The summed E-state index contributed by atoms with van der Waals surface area (Å²) in [7, 11) is 0. The molecule has 10 N–H and O–H groups in total. The topological polar surface area (TPSA) is 262 Å². The minimum atomic E-state index is -1.31. The monoisotopic (exact) mass is 715 g/mol. The molecule has 16 heteroatoms. The molecular formula is C35H53N7O9. The Morgan fingerprint density at radius 3 is 2.31 bits per heavy atom. The minimum absolute atomic E-state index is 0.0583. The Hall–Kier alpha value is -4.67. The summed E-state index contributed by atoms with van der Waals surface area (Å²) in [5.74, 6) is -4.87. The summed E-state index contributed by atoms with van der Waals surface area (Å²) in [5, 5.41) is 33.3. The van der Waals surface area contributed by atoms with E-state index in [4.69, 9.17) is 10.8 Å². The lowest BCUT2D eigenvalue weighted by Crippen LogP contribution is -2.45. The van der Waals surface area contributed by atoms with Crippen LogP contribution in [0.4, 0.5) is 0 Å². The maximum absolute atomic E-state index is 13.8. The number of aryl methyl sites for hydroxylation is 1. The second-order valence-electron chi connectivity index (χ2n) is 12.6. The highest BCUT2D eigenvalue weighted by molar-refractivity contribution is 5.91. The standard InChI is InChI=1S/C35H53N7O9/c1-22-8-9-27-25(20-41-30(27)17-22)18-24(34(49)39-15-11-29(35(50)51)42-32(46)6-3-7-33(47)48)19-31(45)28(10-14-37-16-12-36)38-13-4-5-26(44)21-40-23(2)43/h8-9,17,20,24,28-29,37-38,41H,3-7,10-16,18-19,21,36H2,1-2H3,(H,39,49)(H,40,43)(H,42,46)(H,47,48)(H,50,51)/t24-,28-,29+/m0/s1. The molecule has 0 bridgehead atoms. The SMILES string of the molecule is CC(=O)NCC(=O)CCCN[C@@H](CCNCCN)C(=O)C[C@H](Cc1c[nH]c2cc(C)ccc12)C(=O)NCC[C@@H](NC(=O)CCCC(=O)O)C(=O)O. The molecule has 1 aromatic carbocycles. The van der Waals surface area contributed by atoms with E-state index in [2.05, 4.69) is 31.6 Å². The van der Waals surface area contributed by atoms with Gasteiger partial charge in [0.15, 0.2) is 11.6 Å². The molecule has 0 fully saturated rings. The molecule has 0 saturated carbocycles. The van der Waals surface area contributed by atoms with Crippen LogP contribution in [0, 0.1) is 12.8 Å². The molecule has 0 spiro atoms. The van der Waals surface area contributed by atoms with Crippen LogP contribution in [0.5, 0.6) is 0 Å². The zero-order valence-corrected chi connectivity index (χ0v) is 29.5. The number of hydrogen-bond donors (Lipinski definition) is 9. The molecular weight excluding hydrogens is 662 g/mol.